The van der Waals surface area contributed by atoms with E-state index in [1.54, 1.807) is 42.5 Å². The van der Waals surface area contributed by atoms with Crippen LogP contribution in [-0.2, 0) is 29.1 Å². The molecule has 0 aliphatic heterocycles. The molecule has 4 rings (SSSR count). The number of fused-ring (bicyclic) bond motifs is 1. The molecule has 10 nitrogen and oxygen atoms in total. The van der Waals surface area contributed by atoms with E-state index in [0.29, 0.717) is 35.7 Å². The fraction of sp³-hybridized carbons (Fsp3) is 0.214. The van der Waals surface area contributed by atoms with Crippen LogP contribution < -0.4 is 31.4 Å². The molecular weight excluding hydrogens is 488 g/mol. The molecular formula is C28H28N4O6. The molecule has 0 atom stereocenters. The van der Waals surface area contributed by atoms with Gasteiger partial charge in [0.2, 0.25) is 11.8 Å². The minimum absolute atomic E-state index is 0.221. The molecule has 0 spiro atoms. The van der Waals surface area contributed by atoms with E-state index in [9.17, 15) is 19.2 Å². The molecule has 0 saturated heterocycles. The molecule has 38 heavy (non-hydrogen) atoms. The van der Waals surface area contributed by atoms with Crippen molar-refractivity contribution in [2.75, 3.05) is 26.1 Å². The molecule has 2 N–H and O–H groups in total. The number of benzene rings is 3. The molecule has 10 heteroatoms. The SMILES string of the molecule is COc1ccc(NC(=O)Cn2c(=O)n(CC(=O)NCCc3ccccc3)c(=O)c3ccccc32)c(OC)c1. The number of amides is 2. The third-order valence-electron chi connectivity index (χ3n) is 6.00. The van der Waals surface area contributed by atoms with Crippen LogP contribution in [0.1, 0.15) is 5.56 Å². The average molecular weight is 517 g/mol. The number of anilines is 1. The van der Waals surface area contributed by atoms with Crippen molar-refractivity contribution in [3.05, 3.63) is 99.2 Å². The van der Waals surface area contributed by atoms with Crippen LogP contribution in [0.4, 0.5) is 5.69 Å². The van der Waals surface area contributed by atoms with Crippen molar-refractivity contribution < 1.29 is 19.1 Å². The Kier molecular flexibility index (Phi) is 8.22. The first kappa shape index (κ1) is 26.2. The minimum atomic E-state index is -0.760. The Bertz CT molecular complexity index is 1580. The molecule has 0 aliphatic rings. The molecule has 1 aromatic heterocycles. The fourth-order valence-electron chi connectivity index (χ4n) is 4.09. The summed E-state index contributed by atoms with van der Waals surface area (Å²) in [5.74, 6) is -0.0594. The molecule has 2 amide bonds. The standard InChI is InChI=1S/C28H28N4O6/c1-37-20-12-13-22(24(16-20)38-2)30-26(34)18-31-23-11-7-6-10-21(23)27(35)32(28(31)36)17-25(33)29-15-14-19-8-4-3-5-9-19/h3-13,16H,14-15,17-18H2,1-2H3,(H,29,33)(H,30,34). The zero-order valence-corrected chi connectivity index (χ0v) is 21.1. The second-order valence-corrected chi connectivity index (χ2v) is 8.48. The van der Waals surface area contributed by atoms with Crippen molar-refractivity contribution in [3.63, 3.8) is 0 Å². The van der Waals surface area contributed by atoms with E-state index in [0.717, 1.165) is 10.1 Å². The lowest BCUT2D eigenvalue weighted by Gasteiger charge is -2.15. The Balaban J connectivity index is 1.57. The quantitative estimate of drug-likeness (QED) is 0.333. The van der Waals surface area contributed by atoms with Gasteiger partial charge in [-0.3, -0.25) is 23.5 Å². The summed E-state index contributed by atoms with van der Waals surface area (Å²) in [4.78, 5) is 52.0. The molecule has 4 aromatic rings. The van der Waals surface area contributed by atoms with Gasteiger partial charge in [0, 0.05) is 12.6 Å². The summed E-state index contributed by atoms with van der Waals surface area (Å²) >= 11 is 0. The topological polar surface area (TPSA) is 121 Å². The van der Waals surface area contributed by atoms with E-state index >= 15 is 0 Å². The first-order valence-corrected chi connectivity index (χ1v) is 12.0. The zero-order valence-electron chi connectivity index (χ0n) is 21.1. The molecule has 0 radical (unpaired) electrons. The van der Waals surface area contributed by atoms with Gasteiger partial charge < -0.3 is 20.1 Å². The van der Waals surface area contributed by atoms with Crippen LogP contribution in [-0.4, -0.2) is 41.7 Å². The van der Waals surface area contributed by atoms with Crippen LogP contribution in [0, 0.1) is 0 Å². The Morgan fingerprint density at radius 2 is 1.53 bits per heavy atom. The van der Waals surface area contributed by atoms with E-state index in [2.05, 4.69) is 10.6 Å². The Morgan fingerprint density at radius 3 is 2.26 bits per heavy atom. The van der Waals surface area contributed by atoms with Crippen LogP contribution in [0.15, 0.2) is 82.4 Å². The number of nitrogens with one attached hydrogen (secondary N) is 2. The summed E-state index contributed by atoms with van der Waals surface area (Å²) in [5.41, 5.74) is 0.375. The number of rotatable bonds is 10. The molecule has 0 saturated carbocycles. The number of carbonyl (C=O) groups is 2. The number of methoxy groups -OCH3 is 2. The molecule has 3 aromatic carbocycles. The summed E-state index contributed by atoms with van der Waals surface area (Å²) in [6.45, 7) is -0.499. The highest BCUT2D eigenvalue weighted by molar-refractivity contribution is 5.93. The number of carbonyl (C=O) groups excluding carboxylic acids is 2. The number of ether oxygens (including phenoxy) is 2. The predicted octanol–water partition coefficient (Wildman–Crippen LogP) is 2.18. The van der Waals surface area contributed by atoms with Gasteiger partial charge in [-0.1, -0.05) is 42.5 Å². The van der Waals surface area contributed by atoms with Crippen LogP contribution in [0.2, 0.25) is 0 Å². The minimum Gasteiger partial charge on any atom is -0.497 e. The maximum Gasteiger partial charge on any atom is 0.332 e. The van der Waals surface area contributed by atoms with Crippen LogP contribution in [0.3, 0.4) is 0 Å². The lowest BCUT2D eigenvalue weighted by Crippen LogP contribution is -2.45. The molecule has 0 bridgehead atoms. The molecule has 0 fully saturated rings. The zero-order chi connectivity index (χ0) is 27.1. The van der Waals surface area contributed by atoms with Crippen molar-refractivity contribution in [1.82, 2.24) is 14.5 Å². The molecule has 196 valence electrons. The smallest absolute Gasteiger partial charge is 0.332 e. The number of para-hydroxylation sites is 1. The summed E-state index contributed by atoms with van der Waals surface area (Å²) in [6, 6.07) is 21.0. The third-order valence-corrected chi connectivity index (χ3v) is 6.00. The predicted molar refractivity (Wildman–Crippen MR) is 144 cm³/mol. The number of aromatic nitrogens is 2. The normalized spacial score (nSPS) is 10.7. The first-order valence-electron chi connectivity index (χ1n) is 12.0. The number of nitrogens with zero attached hydrogens (tertiary/aromatic N) is 2. The lowest BCUT2D eigenvalue weighted by molar-refractivity contribution is -0.121. The molecule has 1 heterocycles. The Morgan fingerprint density at radius 1 is 0.816 bits per heavy atom. The van der Waals surface area contributed by atoms with E-state index in [1.807, 2.05) is 30.3 Å². The van der Waals surface area contributed by atoms with Gasteiger partial charge in [-0.15, -0.1) is 0 Å². The van der Waals surface area contributed by atoms with Crippen molar-refractivity contribution in [3.8, 4) is 11.5 Å². The van der Waals surface area contributed by atoms with Gasteiger partial charge in [-0.25, -0.2) is 4.79 Å². The van der Waals surface area contributed by atoms with E-state index < -0.39 is 29.6 Å². The Labute approximate surface area is 218 Å². The van der Waals surface area contributed by atoms with Gasteiger partial charge in [0.1, 0.15) is 24.6 Å². The Hall–Kier alpha value is -4.86. The highest BCUT2D eigenvalue weighted by Crippen LogP contribution is 2.29. The molecule has 0 aliphatic carbocycles. The highest BCUT2D eigenvalue weighted by Gasteiger charge is 2.18. The van der Waals surface area contributed by atoms with Crippen molar-refractivity contribution in [1.29, 1.82) is 0 Å². The maximum absolute atomic E-state index is 13.4. The maximum atomic E-state index is 13.4. The van der Waals surface area contributed by atoms with Crippen molar-refractivity contribution in [2.24, 2.45) is 0 Å². The van der Waals surface area contributed by atoms with E-state index in [1.165, 1.54) is 18.8 Å². The summed E-state index contributed by atoms with van der Waals surface area (Å²) in [6.07, 6.45) is 0.610. The summed E-state index contributed by atoms with van der Waals surface area (Å²) in [5, 5.41) is 5.69. The van der Waals surface area contributed by atoms with Gasteiger partial charge in [0.15, 0.2) is 0 Å². The van der Waals surface area contributed by atoms with Crippen molar-refractivity contribution in [2.45, 2.75) is 19.5 Å². The van der Waals surface area contributed by atoms with Crippen LogP contribution in [0.5, 0.6) is 11.5 Å². The van der Waals surface area contributed by atoms with Crippen molar-refractivity contribution >= 4 is 28.4 Å². The van der Waals surface area contributed by atoms with Gasteiger partial charge in [0.05, 0.1) is 30.8 Å². The summed E-state index contributed by atoms with van der Waals surface area (Å²) < 4.78 is 12.5. The second-order valence-electron chi connectivity index (χ2n) is 8.48. The first-order chi connectivity index (χ1) is 18.4. The fourth-order valence-corrected chi connectivity index (χ4v) is 4.09. The van der Waals surface area contributed by atoms with Crippen LogP contribution >= 0.6 is 0 Å². The summed E-state index contributed by atoms with van der Waals surface area (Å²) in [7, 11) is 2.98. The third kappa shape index (κ3) is 5.92. The van der Waals surface area contributed by atoms with E-state index in [4.69, 9.17) is 9.47 Å². The monoisotopic (exact) mass is 516 g/mol. The van der Waals surface area contributed by atoms with Gasteiger partial charge in [0.25, 0.3) is 5.56 Å². The largest absolute Gasteiger partial charge is 0.497 e. The average Bonchev–Trinajstić information content (AvgIpc) is 2.94. The van der Waals surface area contributed by atoms with Crippen LogP contribution in [0.25, 0.3) is 10.9 Å². The lowest BCUT2D eigenvalue weighted by atomic mass is 10.1. The molecule has 0 unspecified atom stereocenters. The number of hydrogen-bond donors (Lipinski definition) is 2. The van der Waals surface area contributed by atoms with Gasteiger partial charge in [-0.05, 0) is 36.2 Å². The van der Waals surface area contributed by atoms with Gasteiger partial charge in [-0.2, -0.15) is 0 Å². The van der Waals surface area contributed by atoms with E-state index in [-0.39, 0.29) is 11.9 Å². The highest BCUT2D eigenvalue weighted by atomic mass is 16.5. The number of hydrogen-bond acceptors (Lipinski definition) is 6. The second kappa shape index (κ2) is 11.9. The van der Waals surface area contributed by atoms with Gasteiger partial charge >= 0.3 is 5.69 Å².